The van der Waals surface area contributed by atoms with Crippen LogP contribution in [0.4, 0.5) is 0 Å². The molecule has 3 saturated carbocycles. The molecule has 30 nitrogen and oxygen atoms in total. The van der Waals surface area contributed by atoms with Crippen LogP contribution in [0, 0.1) is 41.4 Å². The Balaban J connectivity index is 0.000000166. The number of Topliss-reactive ketones (excluding diaryl/α,β-unsaturated/α-hetero) is 7. The Hall–Kier alpha value is -10.9. The fraction of sp³-hybridized carbons (Fsp3) is 0.425. The van der Waals surface area contributed by atoms with Crippen LogP contribution in [0.1, 0.15) is 108 Å². The van der Waals surface area contributed by atoms with Gasteiger partial charge in [-0.05, 0) is 187 Å². The molecule has 4 aromatic rings. The van der Waals surface area contributed by atoms with Crippen molar-refractivity contribution >= 4 is 75.5 Å². The van der Waals surface area contributed by atoms with E-state index in [4.69, 9.17) is 21.9 Å². The van der Waals surface area contributed by atoms with Crippen LogP contribution in [0.3, 0.4) is 0 Å². The highest BCUT2D eigenvalue weighted by Crippen LogP contribution is 2.58. The molecule has 19 N–H and O–H groups in total. The van der Waals surface area contributed by atoms with Crippen LogP contribution in [-0.2, 0) is 75.4 Å². The van der Waals surface area contributed by atoms with Crippen LogP contribution in [0.25, 0.3) is 28.4 Å². The predicted octanol–water partition coefficient (Wildman–Crippen LogP) is 3.47. The quantitative estimate of drug-likeness (QED) is 0.0598. The van der Waals surface area contributed by atoms with Crippen molar-refractivity contribution in [3.63, 3.8) is 0 Å². The molecule has 0 saturated heterocycles. The zero-order valence-electron chi connectivity index (χ0n) is 62.5. The number of fused-ring (bicyclic) bond motifs is 9. The number of nitrogens with one attached hydrogen (secondary N) is 1. The number of phenols is 3. The zero-order valence-corrected chi connectivity index (χ0v) is 62.5. The number of ketones is 7. The molecule has 0 heterocycles. The molecule has 4 aromatic carbocycles. The summed E-state index contributed by atoms with van der Waals surface area (Å²) in [6, 6.07) is 11.5. The first-order valence-electron chi connectivity index (χ1n) is 36.0. The van der Waals surface area contributed by atoms with Gasteiger partial charge in [-0.15, -0.1) is 0 Å². The highest BCUT2D eigenvalue weighted by atomic mass is 16.5. The minimum atomic E-state index is -2.68. The molecule has 110 heavy (non-hydrogen) atoms. The summed E-state index contributed by atoms with van der Waals surface area (Å²) in [5.74, 6) is -19.5. The molecule has 584 valence electrons. The number of phenolic OH excluding ortho intramolecular Hbond substituents is 3. The second kappa shape index (κ2) is 29.2. The highest BCUT2D eigenvalue weighted by molar-refractivity contribution is 6.27. The standard InChI is InChI=1S/C33H39N3O8.C24H26N2O8.C23H26N2O7/c1-15(2)13-35-14-16-6-9-23(44-5)19(10-16)18-7-8-22(37)25-20(18)11-17-12-21-27(36(3)4)29(39)26(32(34)42)31(41)33(21,43)30(40)24(17)28(25)38;1-4-13(27)10-5-6-14(28)16-11(10)7-9-8-12-18(26(2)3)20(30)17(23(25)33)22(32)24(12,34)21(31)15(9)19(16)29;1-4-9-5-6-13(26)15-11(9)7-10-8-12-17(25(2)3)19(28)16(22(24)31)21(30)23(12,32)20(29)14(10)18(15)27/h6-10,15,17,21,27,35,37-38,41,43H,11-14H2,1-5H3,(H2,34,42);5-6,9,12,18,28-29,32,34H,4,7-8H2,1-3H3,(H2,25,33);5-6,10,12,17,26-27,30,32H,4,7-8H2,1-3H3,(H2,24,31)/t17-,21-,27+,33-;9-,12-,18+,24-;10-,12-,17+,23-/m000/s1. The van der Waals surface area contributed by atoms with E-state index in [1.54, 1.807) is 54.4 Å². The summed E-state index contributed by atoms with van der Waals surface area (Å²) in [7, 11) is 10.9. The zero-order chi connectivity index (χ0) is 81.2. The maximum Gasteiger partial charge on any atom is 0.255 e. The second-order valence-corrected chi connectivity index (χ2v) is 30.6. The fourth-order valence-corrected chi connectivity index (χ4v) is 18.4. The summed E-state index contributed by atoms with van der Waals surface area (Å²) in [5, 5.41) is 136. The number of aliphatic hydroxyl groups excluding tert-OH is 6. The van der Waals surface area contributed by atoms with E-state index >= 15 is 0 Å². The smallest absolute Gasteiger partial charge is 0.255 e. The number of amides is 3. The van der Waals surface area contributed by atoms with E-state index < -0.39 is 174 Å². The van der Waals surface area contributed by atoms with Crippen molar-refractivity contribution in [3.8, 4) is 34.1 Å². The van der Waals surface area contributed by atoms with Crippen LogP contribution in [0.5, 0.6) is 23.0 Å². The number of nitrogens with zero attached hydrogens (tertiary/aromatic N) is 3. The number of nitrogens with two attached hydrogens (primary N) is 3. The number of aliphatic hydroxyl groups is 9. The van der Waals surface area contributed by atoms with E-state index in [1.165, 1.54) is 53.1 Å². The number of hydrogen-bond acceptors (Lipinski definition) is 27. The lowest BCUT2D eigenvalue weighted by molar-refractivity contribution is -0.155. The van der Waals surface area contributed by atoms with Gasteiger partial charge in [0.15, 0.2) is 39.9 Å². The lowest BCUT2D eigenvalue weighted by atomic mass is 9.57. The average Bonchev–Trinajstić information content (AvgIpc) is 0.709. The molecule has 3 amide bonds. The number of carbonyl (C=O) groups excluding carboxylic acids is 10. The lowest BCUT2D eigenvalue weighted by Gasteiger charge is -2.50. The van der Waals surface area contributed by atoms with E-state index in [-0.39, 0.29) is 95.0 Å². The Morgan fingerprint density at radius 2 is 0.873 bits per heavy atom. The first-order valence-corrected chi connectivity index (χ1v) is 36.0. The van der Waals surface area contributed by atoms with Gasteiger partial charge < -0.3 is 88.5 Å². The van der Waals surface area contributed by atoms with E-state index in [9.17, 15) is 109 Å². The first kappa shape index (κ1) is 80.2. The van der Waals surface area contributed by atoms with Crippen molar-refractivity contribution in [2.24, 2.45) is 58.6 Å². The van der Waals surface area contributed by atoms with Gasteiger partial charge in [-0.3, -0.25) is 62.6 Å². The van der Waals surface area contributed by atoms with E-state index in [1.807, 2.05) is 25.1 Å². The monoisotopic (exact) mass is 1520 g/mol. The normalized spacial score (nSPS) is 27.4. The molecule has 13 rings (SSSR count). The number of hydrogen-bond donors (Lipinski definition) is 16. The molecule has 0 bridgehead atoms. The van der Waals surface area contributed by atoms with Crippen LogP contribution >= 0.6 is 0 Å². The molecule has 0 spiro atoms. The van der Waals surface area contributed by atoms with Gasteiger partial charge in [-0.2, -0.15) is 0 Å². The molecule has 0 aromatic heterocycles. The third-order valence-electron chi connectivity index (χ3n) is 23.3. The largest absolute Gasteiger partial charge is 0.508 e. The summed E-state index contributed by atoms with van der Waals surface area (Å²) in [5.41, 5.74) is 10.3. The second-order valence-electron chi connectivity index (χ2n) is 30.6. The third kappa shape index (κ3) is 12.2. The van der Waals surface area contributed by atoms with E-state index in [2.05, 4.69) is 19.2 Å². The Labute approximate surface area is 631 Å². The van der Waals surface area contributed by atoms with Crippen LogP contribution in [0.2, 0.25) is 0 Å². The van der Waals surface area contributed by atoms with E-state index in [0.717, 1.165) is 23.2 Å². The molecule has 12 atom stereocenters. The topological polar surface area (TPSA) is 522 Å². The summed E-state index contributed by atoms with van der Waals surface area (Å²) in [6.45, 7) is 9.31. The summed E-state index contributed by atoms with van der Waals surface area (Å²) in [6.07, 6.45) is 1.48. The summed E-state index contributed by atoms with van der Waals surface area (Å²) < 4.78 is 5.69. The molecular weight excluding hydrogens is 1430 g/mol. The highest BCUT2D eigenvalue weighted by Gasteiger charge is 2.68. The summed E-state index contributed by atoms with van der Waals surface area (Å²) in [4.78, 5) is 134. The number of ether oxygens (including phenoxy) is 1. The van der Waals surface area contributed by atoms with Gasteiger partial charge >= 0.3 is 0 Å². The molecule has 30 heteroatoms. The maximum atomic E-state index is 14.1. The van der Waals surface area contributed by atoms with Crippen molar-refractivity contribution in [2.75, 3.05) is 55.9 Å². The molecule has 0 unspecified atom stereocenters. The van der Waals surface area contributed by atoms with Gasteiger partial charge in [0.1, 0.15) is 74.3 Å². The molecule has 9 aliphatic rings. The number of aryl methyl sites for hydroxylation is 1. The SMILES string of the molecule is CCC(=O)c1ccc(O)c2c1C[C@H]1C[C@H]3[C@@H](N(C)C)C(=O)C(C(N)=O)=C(O)[C@@]3(O)C(=O)C1=C2O.CCc1ccc(O)c2c1C[C@H]1C[C@H]3[C@@H](N(C)C)C(=O)C(C(N)=O)=C(O)[C@@]3(O)C(=O)C1=C2O.COc1ccc(CNCC(C)C)cc1-c1ccc(O)c2c1C[C@H]1C[C@H]3[C@@H](N(C)C)C(=O)C(C(N)=O)=C(O)[C@@]3(O)C(=O)C1=C2O. The van der Waals surface area contributed by atoms with Gasteiger partial charge in [0.05, 0.1) is 41.9 Å². The van der Waals surface area contributed by atoms with Crippen molar-refractivity contribution in [2.45, 2.75) is 121 Å². The molecule has 3 fully saturated rings. The molecular formula is C80H91N7O23. The number of aromatic hydroxyl groups is 3. The Bertz CT molecular complexity index is 4940. The lowest BCUT2D eigenvalue weighted by Crippen LogP contribution is -2.65. The number of benzene rings is 4. The minimum Gasteiger partial charge on any atom is -0.508 e. The summed E-state index contributed by atoms with van der Waals surface area (Å²) >= 11 is 0. The molecule has 0 aliphatic heterocycles. The Morgan fingerprint density at radius 3 is 1.24 bits per heavy atom. The van der Waals surface area contributed by atoms with Gasteiger partial charge in [-0.1, -0.05) is 45.9 Å². The van der Waals surface area contributed by atoms with Gasteiger partial charge in [0.2, 0.25) is 17.3 Å². The first-order chi connectivity index (χ1) is 51.6. The Kier molecular flexibility index (Phi) is 21.3. The fourth-order valence-electron chi connectivity index (χ4n) is 18.4. The number of rotatable bonds is 15. The van der Waals surface area contributed by atoms with Crippen molar-refractivity contribution in [1.29, 1.82) is 0 Å². The van der Waals surface area contributed by atoms with Crippen molar-refractivity contribution in [1.82, 2.24) is 20.0 Å². The van der Waals surface area contributed by atoms with Crippen molar-refractivity contribution in [3.05, 3.63) is 155 Å². The van der Waals surface area contributed by atoms with Crippen LogP contribution in [0.15, 0.2) is 105 Å². The maximum absolute atomic E-state index is 14.1. The van der Waals surface area contributed by atoms with Crippen molar-refractivity contribution < 1.29 is 114 Å². The van der Waals surface area contributed by atoms with Gasteiger partial charge in [-0.25, -0.2) is 0 Å². The number of likely N-dealkylation sites (N-methyl/N-ethyl adjacent to an activating group) is 3. The third-order valence-corrected chi connectivity index (χ3v) is 23.3. The number of carbonyl (C=O) groups is 10. The number of primary amides is 3. The van der Waals surface area contributed by atoms with Crippen LogP contribution in [-0.4, -0.2) is 225 Å². The average molecular weight is 1520 g/mol. The van der Waals surface area contributed by atoms with Gasteiger partial charge in [0, 0.05) is 58.6 Å². The molecule has 0 radical (unpaired) electrons. The number of methoxy groups -OCH3 is 1. The minimum absolute atomic E-state index is 0.0111. The Morgan fingerprint density at radius 1 is 0.509 bits per heavy atom. The van der Waals surface area contributed by atoms with E-state index in [0.29, 0.717) is 58.9 Å². The molecule has 9 aliphatic carbocycles. The van der Waals surface area contributed by atoms with Crippen LogP contribution < -0.4 is 27.3 Å². The van der Waals surface area contributed by atoms with Gasteiger partial charge in [0.25, 0.3) is 17.7 Å². The predicted molar refractivity (Wildman–Crippen MR) is 395 cm³/mol.